The summed E-state index contributed by atoms with van der Waals surface area (Å²) in [6, 6.07) is 42.5. The summed E-state index contributed by atoms with van der Waals surface area (Å²) in [6.45, 7) is 5.60. The average Bonchev–Trinajstić information content (AvgIpc) is 3.61. The number of rotatable bonds is 18. The number of carbonyl (C=O) groups is 5. The lowest BCUT2D eigenvalue weighted by Gasteiger charge is -2.37. The number of fused-ring (bicyclic) bond motifs is 3. The van der Waals surface area contributed by atoms with Crippen molar-refractivity contribution in [3.05, 3.63) is 167 Å². The van der Waals surface area contributed by atoms with E-state index < -0.39 is 47.3 Å². The summed E-state index contributed by atoms with van der Waals surface area (Å²) in [6.07, 6.45) is -0.633. The Morgan fingerprint density at radius 2 is 1.11 bits per heavy atom. The largest absolute Gasteiger partial charge is 0.467 e. The molecule has 0 unspecified atom stereocenters. The molecular weight excluding hydrogens is 797 g/mol. The molecule has 5 aromatic carbocycles. The molecule has 6 rings (SSSR count). The van der Waals surface area contributed by atoms with E-state index in [0.717, 1.165) is 38.9 Å². The molecule has 12 heteroatoms. The molecule has 0 heterocycles. The summed E-state index contributed by atoms with van der Waals surface area (Å²) in [7, 11) is 1.22. The summed E-state index contributed by atoms with van der Waals surface area (Å²) in [4.78, 5) is 67.3. The number of methoxy groups -OCH3 is 1. The number of benzene rings is 5. The second-order valence-corrected chi connectivity index (χ2v) is 16.5. The molecule has 0 aliphatic heterocycles. The van der Waals surface area contributed by atoms with Crippen LogP contribution in [0.2, 0.25) is 0 Å². The van der Waals surface area contributed by atoms with Crippen molar-refractivity contribution in [3.8, 4) is 11.1 Å². The minimum Gasteiger partial charge on any atom is -0.467 e. The molecule has 5 aromatic rings. The lowest BCUT2D eigenvalue weighted by Crippen LogP contribution is -2.53. The van der Waals surface area contributed by atoms with Crippen LogP contribution >= 0.6 is 0 Å². The van der Waals surface area contributed by atoms with Crippen LogP contribution in [0.1, 0.15) is 86.6 Å². The Kier molecular flexibility index (Phi) is 15.4. The van der Waals surface area contributed by atoms with E-state index in [0.29, 0.717) is 12.8 Å². The molecule has 0 bridgehead atoms. The summed E-state index contributed by atoms with van der Waals surface area (Å²) >= 11 is 0. The number of hydrogen-bond donors (Lipinski definition) is 4. The third-order valence-corrected chi connectivity index (χ3v) is 10.9. The van der Waals surface area contributed by atoms with Crippen LogP contribution in [0.4, 0.5) is 9.59 Å². The molecule has 0 spiro atoms. The predicted octanol–water partition coefficient (Wildman–Crippen LogP) is 8.14. The predicted molar refractivity (Wildman–Crippen MR) is 241 cm³/mol. The van der Waals surface area contributed by atoms with Crippen LogP contribution in [0.25, 0.3) is 11.1 Å². The van der Waals surface area contributed by atoms with Crippen LogP contribution in [0.3, 0.4) is 0 Å². The van der Waals surface area contributed by atoms with E-state index in [9.17, 15) is 24.0 Å². The maximum atomic E-state index is 14.3. The topological polar surface area (TPSA) is 161 Å². The Bertz CT molecular complexity index is 2190. The van der Waals surface area contributed by atoms with Gasteiger partial charge < -0.3 is 35.5 Å². The van der Waals surface area contributed by atoms with Crippen LogP contribution in [-0.4, -0.2) is 67.9 Å². The first-order valence-corrected chi connectivity index (χ1v) is 21.3. The van der Waals surface area contributed by atoms with Crippen molar-refractivity contribution in [1.29, 1.82) is 0 Å². The first-order valence-electron chi connectivity index (χ1n) is 21.3. The van der Waals surface area contributed by atoms with Gasteiger partial charge in [-0.3, -0.25) is 9.59 Å². The van der Waals surface area contributed by atoms with Gasteiger partial charge in [0.15, 0.2) is 0 Å². The Morgan fingerprint density at radius 3 is 1.62 bits per heavy atom. The van der Waals surface area contributed by atoms with Gasteiger partial charge in [0.2, 0.25) is 11.8 Å². The maximum Gasteiger partial charge on any atom is 0.407 e. The monoisotopic (exact) mass is 852 g/mol. The van der Waals surface area contributed by atoms with E-state index in [4.69, 9.17) is 14.2 Å². The van der Waals surface area contributed by atoms with E-state index in [1.54, 1.807) is 20.8 Å². The minimum atomic E-state index is -1.29. The second-order valence-electron chi connectivity index (χ2n) is 16.5. The lowest BCUT2D eigenvalue weighted by atomic mass is 9.77. The zero-order valence-electron chi connectivity index (χ0n) is 36.2. The number of unbranched alkanes of at least 4 members (excludes halogenated alkanes) is 1. The van der Waals surface area contributed by atoms with Gasteiger partial charge >= 0.3 is 18.2 Å². The summed E-state index contributed by atoms with van der Waals surface area (Å²) in [5.74, 6) is -1.99. The standard InChI is InChI=1S/C51H56N4O8/c1-50(2,3)63-48(59)52-33-19-18-30-44(47(58)61-4)53-46(57)43(54-49(60)62-34-42-40-28-16-14-26-38(40)39-27-15-17-29-41(39)42)31-32-45(56)55-51(35-20-8-5-9-21-35,36-22-10-6-11-23-36)37-24-12-7-13-25-37/h5-17,20-29,42-44H,18-19,30-34H2,1-4H3,(H,52,59)(H,53,57)(H,54,60)(H,55,56)/t43-,44-/m1/s1. The van der Waals surface area contributed by atoms with Gasteiger partial charge in [0.25, 0.3) is 0 Å². The van der Waals surface area contributed by atoms with Crippen molar-refractivity contribution < 1.29 is 38.2 Å². The molecule has 12 nitrogen and oxygen atoms in total. The molecule has 0 saturated carbocycles. The van der Waals surface area contributed by atoms with E-state index in [2.05, 4.69) is 21.3 Å². The zero-order chi connectivity index (χ0) is 44.8. The van der Waals surface area contributed by atoms with E-state index >= 15 is 0 Å². The van der Waals surface area contributed by atoms with Crippen molar-refractivity contribution in [3.63, 3.8) is 0 Å². The summed E-state index contributed by atoms with van der Waals surface area (Å²) < 4.78 is 16.2. The molecule has 0 radical (unpaired) electrons. The third kappa shape index (κ3) is 11.7. The van der Waals surface area contributed by atoms with E-state index in [1.807, 2.05) is 140 Å². The molecule has 1 aliphatic carbocycles. The molecule has 4 N–H and O–H groups in total. The van der Waals surface area contributed by atoms with Gasteiger partial charge in [-0.05, 0) is 85.4 Å². The maximum absolute atomic E-state index is 14.3. The van der Waals surface area contributed by atoms with Crippen molar-refractivity contribution in [1.82, 2.24) is 21.3 Å². The molecule has 0 saturated heterocycles. The number of alkyl carbamates (subject to hydrolysis) is 2. The van der Waals surface area contributed by atoms with Gasteiger partial charge in [-0.1, -0.05) is 140 Å². The molecule has 1 aliphatic rings. The number of esters is 1. The van der Waals surface area contributed by atoms with Crippen LogP contribution in [-0.2, 0) is 34.1 Å². The summed E-state index contributed by atoms with van der Waals surface area (Å²) in [5.41, 5.74) is 4.90. The van der Waals surface area contributed by atoms with Crippen molar-refractivity contribution >= 4 is 30.0 Å². The summed E-state index contributed by atoms with van der Waals surface area (Å²) in [5, 5.41) is 11.5. The van der Waals surface area contributed by atoms with Crippen molar-refractivity contribution in [2.24, 2.45) is 0 Å². The quantitative estimate of drug-likeness (QED) is 0.0298. The number of hydrogen-bond acceptors (Lipinski definition) is 8. The highest BCUT2D eigenvalue weighted by molar-refractivity contribution is 5.90. The molecule has 0 aromatic heterocycles. The van der Waals surface area contributed by atoms with Crippen molar-refractivity contribution in [2.45, 2.75) is 82.0 Å². The normalized spacial score (nSPS) is 13.0. The van der Waals surface area contributed by atoms with E-state index in [-0.39, 0.29) is 44.2 Å². The first kappa shape index (κ1) is 45.6. The van der Waals surface area contributed by atoms with E-state index in [1.165, 1.54) is 7.11 Å². The fourth-order valence-corrected chi connectivity index (χ4v) is 8.02. The van der Waals surface area contributed by atoms with Gasteiger partial charge in [-0.15, -0.1) is 0 Å². The van der Waals surface area contributed by atoms with Crippen LogP contribution in [0.5, 0.6) is 0 Å². The van der Waals surface area contributed by atoms with Gasteiger partial charge in [0.1, 0.15) is 29.8 Å². The number of carbonyl (C=O) groups excluding carboxylic acids is 5. The molecule has 2 atom stereocenters. The van der Waals surface area contributed by atoms with Gasteiger partial charge in [0.05, 0.1) is 7.11 Å². The molecule has 0 fully saturated rings. The van der Waals surface area contributed by atoms with Crippen LogP contribution < -0.4 is 21.3 Å². The Labute approximate surface area is 369 Å². The molecular formula is C51H56N4O8. The van der Waals surface area contributed by atoms with Gasteiger partial charge in [0, 0.05) is 18.9 Å². The Morgan fingerprint density at radius 1 is 0.603 bits per heavy atom. The van der Waals surface area contributed by atoms with Crippen LogP contribution in [0, 0.1) is 0 Å². The Balaban J connectivity index is 1.20. The SMILES string of the molecule is COC(=O)[C@@H](CCCCNC(=O)OC(C)(C)C)NC(=O)[C@@H](CCC(=O)NC(c1ccccc1)(c1ccccc1)c1ccccc1)NC(=O)OCC1c2ccccc2-c2ccccc21. The van der Waals surface area contributed by atoms with Gasteiger partial charge in [-0.25, -0.2) is 14.4 Å². The number of ether oxygens (including phenoxy) is 3. The minimum absolute atomic E-state index is 0.00451. The molecule has 328 valence electrons. The van der Waals surface area contributed by atoms with Crippen molar-refractivity contribution in [2.75, 3.05) is 20.3 Å². The second kappa shape index (κ2) is 21.2. The van der Waals surface area contributed by atoms with Crippen LogP contribution in [0.15, 0.2) is 140 Å². The van der Waals surface area contributed by atoms with Gasteiger partial charge in [-0.2, -0.15) is 0 Å². The zero-order valence-corrected chi connectivity index (χ0v) is 36.2. The first-order chi connectivity index (χ1) is 30.4. The lowest BCUT2D eigenvalue weighted by molar-refractivity contribution is -0.145. The fourth-order valence-electron chi connectivity index (χ4n) is 8.02. The fraction of sp³-hybridized carbons (Fsp3) is 0.314. The number of amides is 4. The highest BCUT2D eigenvalue weighted by Gasteiger charge is 2.38. The average molecular weight is 853 g/mol. The molecule has 63 heavy (non-hydrogen) atoms. The smallest absolute Gasteiger partial charge is 0.407 e. The highest BCUT2D eigenvalue weighted by atomic mass is 16.6. The Hall–Kier alpha value is -6.95. The highest BCUT2D eigenvalue weighted by Crippen LogP contribution is 2.44. The number of nitrogens with one attached hydrogen (secondary N) is 4. The molecule has 4 amide bonds. The third-order valence-electron chi connectivity index (χ3n) is 10.9.